The van der Waals surface area contributed by atoms with E-state index in [-0.39, 0.29) is 22.7 Å². The van der Waals surface area contributed by atoms with E-state index in [1.807, 2.05) is 0 Å². The van der Waals surface area contributed by atoms with Gasteiger partial charge in [0.2, 0.25) is 20.9 Å². The number of amides is 1. The summed E-state index contributed by atoms with van der Waals surface area (Å²) in [5, 5.41) is 2.80. The highest BCUT2D eigenvalue weighted by atomic mass is 32.2. The fraction of sp³-hybridized carbons (Fsp3) is 0.667. The number of hydrogen-bond donors (Lipinski definition) is 2. The van der Waals surface area contributed by atoms with Crippen LogP contribution in [0.5, 0.6) is 0 Å². The molecule has 7 heteroatoms. The maximum absolute atomic E-state index is 11.8. The molecule has 0 saturated heterocycles. The molecule has 1 aliphatic rings. The van der Waals surface area contributed by atoms with Gasteiger partial charge in [0.15, 0.2) is 0 Å². The minimum atomic E-state index is -3.35. The maximum Gasteiger partial charge on any atom is 0.224 e. The van der Waals surface area contributed by atoms with Gasteiger partial charge in [-0.3, -0.25) is 4.79 Å². The van der Waals surface area contributed by atoms with Crippen molar-refractivity contribution in [1.82, 2.24) is 15.3 Å². The first-order valence-corrected chi connectivity index (χ1v) is 8.25. The normalized spacial score (nSPS) is 16.6. The number of carbonyl (C=O) groups excluding carboxylic acids is 1. The molecule has 0 bridgehead atoms. The molecule has 2 rings (SSSR count). The number of hydrogen-bond acceptors (Lipinski definition) is 4. The van der Waals surface area contributed by atoms with Crippen LogP contribution in [0.3, 0.4) is 0 Å². The average Bonchev–Trinajstić information content (AvgIpc) is 3.04. The number of aromatic amines is 1. The molecule has 0 aliphatic heterocycles. The Hall–Kier alpha value is -1.37. The summed E-state index contributed by atoms with van der Waals surface area (Å²) < 4.78 is 23.6. The van der Waals surface area contributed by atoms with Crippen molar-refractivity contribution in [3.63, 3.8) is 0 Å². The molecule has 6 nitrogen and oxygen atoms in total. The van der Waals surface area contributed by atoms with Crippen LogP contribution in [0.2, 0.25) is 0 Å². The standard InChI is InChI=1S/C12H19N3O3S/c16-11(10-4-1-2-5-10)13-6-3-9-19(17,18)12-14-7-8-15-12/h7-8,10H,1-6,9H2,(H,13,16)(H,14,15). The van der Waals surface area contributed by atoms with E-state index in [0.29, 0.717) is 13.0 Å². The van der Waals surface area contributed by atoms with Crippen LogP contribution in [0.15, 0.2) is 17.6 Å². The Morgan fingerprint density at radius 2 is 2.16 bits per heavy atom. The third-order valence-corrected chi connectivity index (χ3v) is 5.02. The lowest BCUT2D eigenvalue weighted by Gasteiger charge is -2.09. The van der Waals surface area contributed by atoms with Crippen molar-refractivity contribution in [1.29, 1.82) is 0 Å². The third-order valence-electron chi connectivity index (χ3n) is 3.38. The highest BCUT2D eigenvalue weighted by molar-refractivity contribution is 7.91. The predicted octanol–water partition coefficient (Wildman–Crippen LogP) is 0.880. The third kappa shape index (κ3) is 3.79. The summed E-state index contributed by atoms with van der Waals surface area (Å²) in [5.41, 5.74) is 0. The highest BCUT2D eigenvalue weighted by Gasteiger charge is 2.22. The summed E-state index contributed by atoms with van der Waals surface area (Å²) in [4.78, 5) is 18.0. The summed E-state index contributed by atoms with van der Waals surface area (Å²) in [6, 6.07) is 0. The first kappa shape index (κ1) is 14.0. The second-order valence-corrected chi connectivity index (χ2v) is 6.86. The van der Waals surface area contributed by atoms with Crippen molar-refractivity contribution in [3.05, 3.63) is 12.4 Å². The molecule has 106 valence electrons. The molecule has 0 atom stereocenters. The molecule has 1 aliphatic carbocycles. The zero-order valence-corrected chi connectivity index (χ0v) is 11.6. The highest BCUT2D eigenvalue weighted by Crippen LogP contribution is 2.24. The van der Waals surface area contributed by atoms with E-state index in [1.165, 1.54) is 12.4 Å². The van der Waals surface area contributed by atoms with Crippen molar-refractivity contribution < 1.29 is 13.2 Å². The van der Waals surface area contributed by atoms with Gasteiger partial charge in [-0.15, -0.1) is 0 Å². The monoisotopic (exact) mass is 285 g/mol. The average molecular weight is 285 g/mol. The fourth-order valence-corrected chi connectivity index (χ4v) is 3.51. The Labute approximate surface area is 112 Å². The molecule has 1 heterocycles. The van der Waals surface area contributed by atoms with Gasteiger partial charge in [-0.1, -0.05) is 12.8 Å². The molecule has 0 radical (unpaired) electrons. The molecule has 0 unspecified atom stereocenters. The largest absolute Gasteiger partial charge is 0.356 e. The van der Waals surface area contributed by atoms with Crippen LogP contribution in [-0.2, 0) is 14.6 Å². The van der Waals surface area contributed by atoms with Crippen molar-refractivity contribution in [2.24, 2.45) is 5.92 Å². The molecule has 0 aromatic carbocycles. The Kier molecular flexibility index (Phi) is 4.57. The Morgan fingerprint density at radius 1 is 1.42 bits per heavy atom. The molecule has 2 N–H and O–H groups in total. The molecule has 1 aromatic heterocycles. The van der Waals surface area contributed by atoms with Gasteiger partial charge in [0.1, 0.15) is 0 Å². The van der Waals surface area contributed by atoms with E-state index in [4.69, 9.17) is 0 Å². The van der Waals surface area contributed by atoms with Gasteiger partial charge in [0, 0.05) is 24.9 Å². The number of nitrogens with zero attached hydrogens (tertiary/aromatic N) is 1. The molecule has 1 amide bonds. The minimum absolute atomic E-state index is 0.00498. The van der Waals surface area contributed by atoms with Gasteiger partial charge in [-0.2, -0.15) is 0 Å². The van der Waals surface area contributed by atoms with Gasteiger partial charge in [-0.25, -0.2) is 13.4 Å². The lowest BCUT2D eigenvalue weighted by molar-refractivity contribution is -0.124. The van der Waals surface area contributed by atoms with E-state index < -0.39 is 9.84 Å². The number of nitrogens with one attached hydrogen (secondary N) is 2. The number of rotatable bonds is 6. The number of carbonyl (C=O) groups is 1. The molecular formula is C12H19N3O3S. The Balaban J connectivity index is 1.70. The maximum atomic E-state index is 11.8. The van der Waals surface area contributed by atoms with E-state index >= 15 is 0 Å². The van der Waals surface area contributed by atoms with Crippen LogP contribution >= 0.6 is 0 Å². The van der Waals surface area contributed by atoms with Crippen molar-refractivity contribution in [3.8, 4) is 0 Å². The molecule has 1 saturated carbocycles. The molecule has 1 aromatic rings. The van der Waals surface area contributed by atoms with Gasteiger partial charge >= 0.3 is 0 Å². The fourth-order valence-electron chi connectivity index (χ4n) is 2.32. The van der Waals surface area contributed by atoms with Crippen molar-refractivity contribution in [2.45, 2.75) is 37.3 Å². The number of imidazole rings is 1. The number of aromatic nitrogens is 2. The smallest absolute Gasteiger partial charge is 0.224 e. The molecule has 19 heavy (non-hydrogen) atoms. The summed E-state index contributed by atoms with van der Waals surface area (Å²) in [5.74, 6) is 0.181. The van der Waals surface area contributed by atoms with Crippen LogP contribution < -0.4 is 5.32 Å². The van der Waals surface area contributed by atoms with Crippen LogP contribution in [0.1, 0.15) is 32.1 Å². The van der Waals surface area contributed by atoms with Gasteiger partial charge in [0.25, 0.3) is 0 Å². The second-order valence-electron chi connectivity index (χ2n) is 4.84. The lowest BCUT2D eigenvalue weighted by Crippen LogP contribution is -2.31. The summed E-state index contributed by atoms with van der Waals surface area (Å²) >= 11 is 0. The molecular weight excluding hydrogens is 266 g/mol. The van der Waals surface area contributed by atoms with Crippen LogP contribution in [0, 0.1) is 5.92 Å². The summed E-state index contributed by atoms with van der Waals surface area (Å²) in [6.45, 7) is 0.398. The topological polar surface area (TPSA) is 91.9 Å². The Morgan fingerprint density at radius 3 is 2.79 bits per heavy atom. The predicted molar refractivity (Wildman–Crippen MR) is 70.2 cm³/mol. The van der Waals surface area contributed by atoms with Crippen molar-refractivity contribution in [2.75, 3.05) is 12.3 Å². The Bertz CT molecular complexity index is 504. The molecule has 0 spiro atoms. The van der Waals surface area contributed by atoms with E-state index in [1.54, 1.807) is 0 Å². The van der Waals surface area contributed by atoms with E-state index in [9.17, 15) is 13.2 Å². The summed E-state index contributed by atoms with van der Waals surface area (Å²) in [6.07, 6.45) is 7.44. The number of sulfone groups is 1. The quantitative estimate of drug-likeness (QED) is 0.759. The number of H-pyrrole nitrogens is 1. The SMILES string of the molecule is O=C(NCCCS(=O)(=O)c1ncc[nH]1)C1CCCC1. The van der Waals surface area contributed by atoms with E-state index in [0.717, 1.165) is 25.7 Å². The van der Waals surface area contributed by atoms with Crippen molar-refractivity contribution >= 4 is 15.7 Å². The lowest BCUT2D eigenvalue weighted by atomic mass is 10.1. The van der Waals surface area contributed by atoms with Gasteiger partial charge < -0.3 is 10.3 Å². The van der Waals surface area contributed by atoms with Crippen LogP contribution in [-0.4, -0.2) is 36.6 Å². The second kappa shape index (κ2) is 6.18. The van der Waals surface area contributed by atoms with Gasteiger partial charge in [0.05, 0.1) is 5.75 Å². The molecule has 1 fully saturated rings. The first-order chi connectivity index (χ1) is 9.09. The summed E-state index contributed by atoms with van der Waals surface area (Å²) in [7, 11) is -3.35. The minimum Gasteiger partial charge on any atom is -0.356 e. The van der Waals surface area contributed by atoms with Crippen LogP contribution in [0.25, 0.3) is 0 Å². The zero-order chi connectivity index (χ0) is 13.7. The van der Waals surface area contributed by atoms with Crippen LogP contribution in [0.4, 0.5) is 0 Å². The zero-order valence-electron chi connectivity index (χ0n) is 10.8. The first-order valence-electron chi connectivity index (χ1n) is 6.59. The van der Waals surface area contributed by atoms with Gasteiger partial charge in [-0.05, 0) is 19.3 Å². The van der Waals surface area contributed by atoms with E-state index in [2.05, 4.69) is 15.3 Å².